The lowest BCUT2D eigenvalue weighted by molar-refractivity contribution is -0.190. The number of carbonyl (C=O) groups is 1. The highest BCUT2D eigenvalue weighted by Gasteiger charge is 2.45. The Kier molecular flexibility index (Phi) is 5.87. The first kappa shape index (κ1) is 17.6. The number of hydrogen-bond acceptors (Lipinski definition) is 3. The molecule has 1 atom stereocenters. The van der Waals surface area contributed by atoms with Crippen molar-refractivity contribution in [2.24, 2.45) is 0 Å². The van der Waals surface area contributed by atoms with Crippen LogP contribution in [0, 0.1) is 0 Å². The van der Waals surface area contributed by atoms with Crippen LogP contribution in [0.25, 0.3) is 0 Å². The van der Waals surface area contributed by atoms with Gasteiger partial charge in [-0.2, -0.15) is 13.2 Å². The molecular weight excluding hydrogens is 309 g/mol. The molecule has 1 aliphatic rings. The fourth-order valence-corrected chi connectivity index (χ4v) is 2.68. The van der Waals surface area contributed by atoms with Crippen molar-refractivity contribution in [1.29, 1.82) is 0 Å². The normalized spacial score (nSPS) is 17.1. The van der Waals surface area contributed by atoms with Crippen LogP contribution in [-0.2, 0) is 11.2 Å². The Labute approximate surface area is 133 Å². The van der Waals surface area contributed by atoms with Crippen LogP contribution >= 0.6 is 0 Å². The van der Waals surface area contributed by atoms with Gasteiger partial charge in [0.2, 0.25) is 5.91 Å². The molecule has 0 saturated carbocycles. The van der Waals surface area contributed by atoms with Crippen molar-refractivity contribution in [3.05, 3.63) is 29.8 Å². The van der Waals surface area contributed by atoms with Crippen LogP contribution in [0.3, 0.4) is 0 Å². The molecule has 0 unspecified atom stereocenters. The Balaban J connectivity index is 1.80. The molecule has 0 aromatic heterocycles. The van der Waals surface area contributed by atoms with Gasteiger partial charge in [0.15, 0.2) is 0 Å². The van der Waals surface area contributed by atoms with Crippen molar-refractivity contribution in [2.75, 3.05) is 13.7 Å². The van der Waals surface area contributed by atoms with Gasteiger partial charge in [-0.3, -0.25) is 10.2 Å². The summed E-state index contributed by atoms with van der Waals surface area (Å²) in [6.45, 7) is 0.113. The van der Waals surface area contributed by atoms with Gasteiger partial charge in [-0.25, -0.2) is 5.01 Å². The molecule has 1 aromatic carbocycles. The minimum atomic E-state index is -4.34. The predicted molar refractivity (Wildman–Crippen MR) is 79.9 cm³/mol. The average Bonchev–Trinajstić information content (AvgIpc) is 2.92. The first-order chi connectivity index (χ1) is 10.9. The molecule has 7 heteroatoms. The molecule has 0 spiro atoms. The van der Waals surface area contributed by atoms with Gasteiger partial charge in [-0.05, 0) is 37.0 Å². The van der Waals surface area contributed by atoms with Crippen molar-refractivity contribution in [2.45, 2.75) is 44.3 Å². The minimum absolute atomic E-state index is 0.0140. The molecule has 1 aliphatic heterocycles. The highest BCUT2D eigenvalue weighted by atomic mass is 19.4. The molecule has 23 heavy (non-hydrogen) atoms. The fourth-order valence-electron chi connectivity index (χ4n) is 2.68. The van der Waals surface area contributed by atoms with Crippen molar-refractivity contribution >= 4 is 5.91 Å². The number of unbranched alkanes of at least 4 members (excludes halogenated alkanes) is 1. The Morgan fingerprint density at radius 1 is 1.26 bits per heavy atom. The second kappa shape index (κ2) is 7.68. The largest absolute Gasteiger partial charge is 0.497 e. The van der Waals surface area contributed by atoms with E-state index in [0.29, 0.717) is 12.8 Å². The maximum atomic E-state index is 13.1. The van der Waals surface area contributed by atoms with Gasteiger partial charge in [0.25, 0.3) is 0 Å². The zero-order chi connectivity index (χ0) is 16.9. The fraction of sp³-hybridized carbons (Fsp3) is 0.562. The van der Waals surface area contributed by atoms with Gasteiger partial charge >= 0.3 is 6.18 Å². The quantitative estimate of drug-likeness (QED) is 0.781. The summed E-state index contributed by atoms with van der Waals surface area (Å²) in [6, 6.07) is 5.91. The van der Waals surface area contributed by atoms with Crippen molar-refractivity contribution in [3.8, 4) is 5.75 Å². The third-order valence-electron chi connectivity index (χ3n) is 3.95. The third kappa shape index (κ3) is 5.13. The van der Waals surface area contributed by atoms with E-state index >= 15 is 0 Å². The molecule has 1 aromatic rings. The van der Waals surface area contributed by atoms with E-state index in [9.17, 15) is 18.0 Å². The number of methoxy groups -OCH3 is 1. The summed E-state index contributed by atoms with van der Waals surface area (Å²) in [4.78, 5) is 11.1. The first-order valence-corrected chi connectivity index (χ1v) is 7.66. The van der Waals surface area contributed by atoms with Gasteiger partial charge in [0.1, 0.15) is 11.8 Å². The van der Waals surface area contributed by atoms with Crippen LogP contribution in [0.15, 0.2) is 24.3 Å². The number of nitrogens with one attached hydrogen (secondary N) is 1. The molecule has 1 fully saturated rings. The summed E-state index contributed by atoms with van der Waals surface area (Å²) in [6.07, 6.45) is -2.39. The molecule has 1 amide bonds. The number of halogens is 3. The minimum Gasteiger partial charge on any atom is -0.497 e. The number of alkyl halides is 3. The van der Waals surface area contributed by atoms with Gasteiger partial charge in [0, 0.05) is 13.0 Å². The lowest BCUT2D eigenvalue weighted by atomic mass is 10.0. The van der Waals surface area contributed by atoms with Crippen molar-refractivity contribution < 1.29 is 22.7 Å². The lowest BCUT2D eigenvalue weighted by Crippen LogP contribution is -2.49. The molecular formula is C16H21F3N2O2. The van der Waals surface area contributed by atoms with Gasteiger partial charge < -0.3 is 4.74 Å². The summed E-state index contributed by atoms with van der Waals surface area (Å²) in [5, 5.41) is 1.02. The van der Waals surface area contributed by atoms with E-state index in [2.05, 4.69) is 5.43 Å². The molecule has 4 nitrogen and oxygen atoms in total. The van der Waals surface area contributed by atoms with E-state index in [-0.39, 0.29) is 25.3 Å². The predicted octanol–water partition coefficient (Wildman–Crippen LogP) is 3.08. The summed E-state index contributed by atoms with van der Waals surface area (Å²) in [7, 11) is 1.59. The number of benzene rings is 1. The van der Waals surface area contributed by atoms with E-state index in [1.54, 1.807) is 7.11 Å². The molecule has 1 N–H and O–H groups in total. The van der Waals surface area contributed by atoms with Crippen LogP contribution in [0.1, 0.15) is 31.2 Å². The highest BCUT2D eigenvalue weighted by molar-refractivity contribution is 5.77. The average molecular weight is 330 g/mol. The molecule has 0 aliphatic carbocycles. The second-order valence-corrected chi connectivity index (χ2v) is 5.63. The summed E-state index contributed by atoms with van der Waals surface area (Å²) >= 11 is 0. The number of aryl methyl sites for hydroxylation is 1. The van der Waals surface area contributed by atoms with Crippen molar-refractivity contribution in [1.82, 2.24) is 10.4 Å². The first-order valence-electron chi connectivity index (χ1n) is 7.66. The second-order valence-electron chi connectivity index (χ2n) is 5.63. The van der Waals surface area contributed by atoms with E-state index in [1.807, 2.05) is 24.3 Å². The Bertz CT molecular complexity index is 517. The lowest BCUT2D eigenvalue weighted by Gasteiger charge is -2.28. The van der Waals surface area contributed by atoms with Gasteiger partial charge in [-0.15, -0.1) is 0 Å². The zero-order valence-corrected chi connectivity index (χ0v) is 13.0. The van der Waals surface area contributed by atoms with E-state index in [0.717, 1.165) is 22.7 Å². The molecule has 0 bridgehead atoms. The standard InChI is InChI=1S/C16H21F3N2O2/c1-23-13-8-6-12(7-9-13)4-2-3-5-14(16(17,18)19)21-11-10-15(22)20-21/h6-9,14H,2-5,10-11H2,1H3,(H,20,22)/t14-/m0/s1. The Morgan fingerprint density at radius 3 is 2.48 bits per heavy atom. The SMILES string of the molecule is COc1ccc(CCCC[C@H](N2CCC(=O)N2)C(F)(F)F)cc1. The van der Waals surface area contributed by atoms with E-state index in [1.165, 1.54) is 0 Å². The summed E-state index contributed by atoms with van der Waals surface area (Å²) in [5.74, 6) is 0.410. The topological polar surface area (TPSA) is 41.6 Å². The number of rotatable bonds is 7. The molecule has 1 saturated heterocycles. The third-order valence-corrected chi connectivity index (χ3v) is 3.95. The number of hydrazine groups is 1. The van der Waals surface area contributed by atoms with Crippen LogP contribution < -0.4 is 10.2 Å². The van der Waals surface area contributed by atoms with Gasteiger partial charge in [0.05, 0.1) is 7.11 Å². The van der Waals surface area contributed by atoms with Crippen LogP contribution in [0.4, 0.5) is 13.2 Å². The Hall–Kier alpha value is -1.76. The summed E-state index contributed by atoms with van der Waals surface area (Å²) in [5.41, 5.74) is 3.37. The maximum absolute atomic E-state index is 13.1. The van der Waals surface area contributed by atoms with Crippen LogP contribution in [0.5, 0.6) is 5.75 Å². The maximum Gasteiger partial charge on any atom is 0.405 e. The number of amides is 1. The smallest absolute Gasteiger partial charge is 0.405 e. The zero-order valence-electron chi connectivity index (χ0n) is 13.0. The molecule has 2 rings (SSSR count). The van der Waals surface area contributed by atoms with Crippen LogP contribution in [0.2, 0.25) is 0 Å². The molecule has 128 valence electrons. The van der Waals surface area contributed by atoms with Gasteiger partial charge in [-0.1, -0.05) is 18.6 Å². The molecule has 0 radical (unpaired) electrons. The van der Waals surface area contributed by atoms with Crippen LogP contribution in [-0.4, -0.2) is 36.8 Å². The summed E-state index contributed by atoms with van der Waals surface area (Å²) < 4.78 is 44.4. The molecule has 1 heterocycles. The number of nitrogens with zero attached hydrogens (tertiary/aromatic N) is 1. The Morgan fingerprint density at radius 2 is 1.96 bits per heavy atom. The number of hydrogen-bond donors (Lipinski definition) is 1. The van der Waals surface area contributed by atoms with E-state index in [4.69, 9.17) is 4.74 Å². The van der Waals surface area contributed by atoms with E-state index < -0.39 is 12.2 Å². The number of carbonyl (C=O) groups excluding carboxylic acids is 1. The number of ether oxygens (including phenoxy) is 1. The monoisotopic (exact) mass is 330 g/mol. The highest BCUT2D eigenvalue weighted by Crippen LogP contribution is 2.29. The van der Waals surface area contributed by atoms with Crippen molar-refractivity contribution in [3.63, 3.8) is 0 Å².